The number of hydrogen-bond donors (Lipinski definition) is 4. The summed E-state index contributed by atoms with van der Waals surface area (Å²) in [5.74, 6) is -10.4. The van der Waals surface area contributed by atoms with Gasteiger partial charge in [-0.15, -0.1) is 0 Å². The number of phosphoric acid groups is 2. The van der Waals surface area contributed by atoms with Gasteiger partial charge in [0.05, 0.1) is 6.61 Å². The lowest BCUT2D eigenvalue weighted by Crippen LogP contribution is -2.51. The molecule has 8 nitrogen and oxygen atoms in total. The van der Waals surface area contributed by atoms with Crippen LogP contribution in [0.25, 0.3) is 0 Å². The van der Waals surface area contributed by atoms with Gasteiger partial charge in [0.2, 0.25) is 0 Å². The molecular formula is C9H17F5O8P2. The smallest absolute Gasteiger partial charge is 0.303 e. The van der Waals surface area contributed by atoms with Gasteiger partial charge in [0.25, 0.3) is 0 Å². The van der Waals surface area contributed by atoms with Crippen LogP contribution in [0.5, 0.6) is 0 Å². The summed E-state index contributed by atoms with van der Waals surface area (Å²) in [7, 11) is -10.2. The molecule has 0 aliphatic heterocycles. The largest absolute Gasteiger partial charge is 0.470 e. The third-order valence-corrected chi connectivity index (χ3v) is 3.74. The van der Waals surface area contributed by atoms with Gasteiger partial charge >= 0.3 is 27.5 Å². The Kier molecular flexibility index (Phi) is 8.95. The Hall–Kier alpha value is -0.130. The summed E-state index contributed by atoms with van der Waals surface area (Å²) >= 11 is 0. The third-order valence-electron chi connectivity index (χ3n) is 2.69. The number of unbranched alkanes of at least 4 members (excludes halogenated alkanes) is 2. The van der Waals surface area contributed by atoms with Crippen molar-refractivity contribution in [1.82, 2.24) is 0 Å². The number of phosphoric ester groups is 2. The normalized spacial score (nSPS) is 15.5. The summed E-state index contributed by atoms with van der Waals surface area (Å²) in [4.78, 5) is 33.8. The monoisotopic (exact) mass is 410 g/mol. The van der Waals surface area contributed by atoms with Gasteiger partial charge in [-0.2, -0.15) is 17.6 Å². The second-order valence-corrected chi connectivity index (χ2v) is 7.15. The first-order valence-electron chi connectivity index (χ1n) is 6.38. The molecule has 0 rings (SSSR count). The summed E-state index contributed by atoms with van der Waals surface area (Å²) in [5.41, 5.74) is 0. The predicted octanol–water partition coefficient (Wildman–Crippen LogP) is 2.37. The standard InChI is InChI=1S/C9H17F5O8P2/c10-6-8(11,12)9(13,14)7(22-24(18,19)20)4-2-1-3-5-21-23(15,16)17/h7H,1-6H2,(H2,15,16,17)(H2,18,19,20). The van der Waals surface area contributed by atoms with E-state index in [1.54, 1.807) is 0 Å². The van der Waals surface area contributed by atoms with E-state index in [1.165, 1.54) is 0 Å². The van der Waals surface area contributed by atoms with Crippen LogP contribution < -0.4 is 0 Å². The topological polar surface area (TPSA) is 134 Å². The number of hydrogen-bond acceptors (Lipinski definition) is 4. The Morgan fingerprint density at radius 2 is 1.46 bits per heavy atom. The van der Waals surface area contributed by atoms with Crippen LogP contribution >= 0.6 is 15.6 Å². The van der Waals surface area contributed by atoms with Crippen molar-refractivity contribution in [3.05, 3.63) is 0 Å². The van der Waals surface area contributed by atoms with Crippen LogP contribution in [0.4, 0.5) is 22.0 Å². The molecule has 0 aromatic carbocycles. The minimum absolute atomic E-state index is 0.0567. The van der Waals surface area contributed by atoms with E-state index in [0.29, 0.717) is 0 Å². The SMILES string of the molecule is O=P(O)(O)OCCCCCC(OP(=O)(O)O)C(F)(F)C(F)(F)CF. The molecular weight excluding hydrogens is 393 g/mol. The fourth-order valence-corrected chi connectivity index (χ4v) is 2.52. The minimum atomic E-state index is -5.55. The van der Waals surface area contributed by atoms with E-state index >= 15 is 0 Å². The molecule has 0 aromatic heterocycles. The third kappa shape index (κ3) is 8.82. The van der Waals surface area contributed by atoms with Crippen LogP contribution in [0, 0.1) is 0 Å². The highest BCUT2D eigenvalue weighted by atomic mass is 31.2. The maximum absolute atomic E-state index is 13.5. The van der Waals surface area contributed by atoms with E-state index in [1.807, 2.05) is 0 Å². The van der Waals surface area contributed by atoms with Gasteiger partial charge in [0.1, 0.15) is 6.10 Å². The van der Waals surface area contributed by atoms with Crippen molar-refractivity contribution in [2.45, 2.75) is 43.6 Å². The van der Waals surface area contributed by atoms with Gasteiger partial charge in [0.15, 0.2) is 6.67 Å². The van der Waals surface area contributed by atoms with Crippen LogP contribution in [-0.2, 0) is 18.2 Å². The zero-order valence-electron chi connectivity index (χ0n) is 12.0. The lowest BCUT2D eigenvalue weighted by Gasteiger charge is -2.31. The predicted molar refractivity (Wildman–Crippen MR) is 69.3 cm³/mol. The molecule has 0 fully saturated rings. The van der Waals surface area contributed by atoms with Gasteiger partial charge in [-0.3, -0.25) is 9.05 Å². The molecule has 0 bridgehead atoms. The fraction of sp³-hybridized carbons (Fsp3) is 1.00. The molecule has 0 radical (unpaired) electrons. The Balaban J connectivity index is 4.71. The molecule has 15 heteroatoms. The van der Waals surface area contributed by atoms with Crippen molar-refractivity contribution < 1.29 is 59.7 Å². The molecule has 0 amide bonds. The molecule has 146 valence electrons. The summed E-state index contributed by atoms with van der Waals surface area (Å²) < 4.78 is 93.8. The van der Waals surface area contributed by atoms with Crippen molar-refractivity contribution in [3.8, 4) is 0 Å². The maximum Gasteiger partial charge on any atom is 0.470 e. The summed E-state index contributed by atoms with van der Waals surface area (Å²) in [6, 6.07) is 0. The Bertz CT molecular complexity index is 479. The van der Waals surface area contributed by atoms with Crippen LogP contribution in [-0.4, -0.2) is 50.8 Å². The number of halogens is 5. The Labute approximate surface area is 133 Å². The van der Waals surface area contributed by atoms with E-state index in [4.69, 9.17) is 19.6 Å². The van der Waals surface area contributed by atoms with E-state index in [-0.39, 0.29) is 19.3 Å². The summed E-state index contributed by atoms with van der Waals surface area (Å²) in [6.07, 6.45) is -4.35. The van der Waals surface area contributed by atoms with E-state index < -0.39 is 53.3 Å². The summed E-state index contributed by atoms with van der Waals surface area (Å²) in [5, 5.41) is 0. The van der Waals surface area contributed by atoms with Gasteiger partial charge in [-0.1, -0.05) is 12.8 Å². The quantitative estimate of drug-likeness (QED) is 0.219. The molecule has 1 atom stereocenters. The first-order valence-corrected chi connectivity index (χ1v) is 9.44. The minimum Gasteiger partial charge on any atom is -0.303 e. The van der Waals surface area contributed by atoms with Gasteiger partial charge in [-0.25, -0.2) is 13.5 Å². The number of rotatable bonds is 12. The molecule has 0 saturated heterocycles. The van der Waals surface area contributed by atoms with E-state index in [9.17, 15) is 31.1 Å². The second kappa shape index (κ2) is 9.00. The Morgan fingerprint density at radius 1 is 0.917 bits per heavy atom. The highest BCUT2D eigenvalue weighted by Crippen LogP contribution is 2.47. The van der Waals surface area contributed by atoms with E-state index in [0.717, 1.165) is 0 Å². The zero-order valence-corrected chi connectivity index (χ0v) is 13.8. The average Bonchev–Trinajstić information content (AvgIpc) is 2.38. The van der Waals surface area contributed by atoms with Crippen molar-refractivity contribution in [2.75, 3.05) is 13.3 Å². The van der Waals surface area contributed by atoms with Crippen molar-refractivity contribution in [1.29, 1.82) is 0 Å². The average molecular weight is 410 g/mol. The lowest BCUT2D eigenvalue weighted by molar-refractivity contribution is -0.255. The lowest BCUT2D eigenvalue weighted by atomic mass is 10.0. The Morgan fingerprint density at radius 3 is 1.88 bits per heavy atom. The highest BCUT2D eigenvalue weighted by molar-refractivity contribution is 7.46. The molecule has 0 aliphatic rings. The second-order valence-electron chi connectivity index (χ2n) is 4.72. The molecule has 0 spiro atoms. The molecule has 0 aromatic rings. The van der Waals surface area contributed by atoms with Gasteiger partial charge < -0.3 is 19.6 Å². The van der Waals surface area contributed by atoms with Crippen molar-refractivity contribution in [2.24, 2.45) is 0 Å². The molecule has 0 heterocycles. The van der Waals surface area contributed by atoms with Crippen molar-refractivity contribution in [3.63, 3.8) is 0 Å². The summed E-state index contributed by atoms with van der Waals surface area (Å²) in [6.45, 7) is -3.21. The van der Waals surface area contributed by atoms with Gasteiger partial charge in [0, 0.05) is 0 Å². The van der Waals surface area contributed by atoms with E-state index in [2.05, 4.69) is 9.05 Å². The van der Waals surface area contributed by atoms with Gasteiger partial charge in [-0.05, 0) is 12.8 Å². The fourth-order valence-electron chi connectivity index (χ4n) is 1.58. The maximum atomic E-state index is 13.5. The highest BCUT2D eigenvalue weighted by Gasteiger charge is 2.62. The first-order chi connectivity index (χ1) is 10.6. The molecule has 24 heavy (non-hydrogen) atoms. The number of alkyl halides is 5. The molecule has 1 unspecified atom stereocenters. The van der Waals surface area contributed by atoms with Crippen LogP contribution in [0.2, 0.25) is 0 Å². The van der Waals surface area contributed by atoms with Crippen LogP contribution in [0.15, 0.2) is 0 Å². The van der Waals surface area contributed by atoms with Crippen LogP contribution in [0.1, 0.15) is 25.7 Å². The first kappa shape index (κ1) is 23.9. The van der Waals surface area contributed by atoms with Crippen molar-refractivity contribution >= 4 is 15.6 Å². The molecule has 0 saturated carbocycles. The van der Waals surface area contributed by atoms with Crippen LogP contribution in [0.3, 0.4) is 0 Å². The molecule has 4 N–H and O–H groups in total. The zero-order chi connectivity index (χ0) is 19.2. The molecule has 0 aliphatic carbocycles.